The molecule has 27 heavy (non-hydrogen) atoms. The van der Waals surface area contributed by atoms with Crippen LogP contribution in [-0.2, 0) is 13.0 Å². The number of benzene rings is 1. The third-order valence-electron chi connectivity index (χ3n) is 4.12. The molecule has 6 nitrogen and oxygen atoms in total. The van der Waals surface area contributed by atoms with Gasteiger partial charge in [-0.1, -0.05) is 12.1 Å². The molecule has 3 aromatic heterocycles. The Morgan fingerprint density at radius 3 is 2.93 bits per heavy atom. The highest BCUT2D eigenvalue weighted by atomic mass is 32.1. The third-order valence-corrected chi connectivity index (χ3v) is 6.72. The zero-order chi connectivity index (χ0) is 18.8. The smallest absolute Gasteiger partial charge is 0.261 e. The van der Waals surface area contributed by atoms with Gasteiger partial charge >= 0.3 is 0 Å². The number of amides is 1. The van der Waals surface area contributed by atoms with Crippen LogP contribution in [0.4, 0.5) is 0 Å². The number of para-hydroxylation sites is 1. The van der Waals surface area contributed by atoms with Gasteiger partial charge in [0.25, 0.3) is 5.91 Å². The fourth-order valence-electron chi connectivity index (χ4n) is 2.79. The van der Waals surface area contributed by atoms with Crippen LogP contribution in [0.1, 0.15) is 22.4 Å². The Morgan fingerprint density at radius 2 is 2.11 bits per heavy atom. The van der Waals surface area contributed by atoms with Gasteiger partial charge in [0, 0.05) is 19.5 Å². The van der Waals surface area contributed by atoms with Crippen molar-refractivity contribution >= 4 is 51.0 Å². The second-order valence-corrected chi connectivity index (χ2v) is 8.35. The first kappa shape index (κ1) is 18.0. The normalized spacial score (nSPS) is 11.1. The summed E-state index contributed by atoms with van der Waals surface area (Å²) in [6.45, 7) is 3.28. The molecule has 0 atom stereocenters. The number of thiophene rings is 1. The molecule has 1 aromatic carbocycles. The molecule has 4 rings (SSSR count). The number of rotatable bonds is 6. The van der Waals surface area contributed by atoms with Crippen LogP contribution < -0.4 is 5.32 Å². The number of hydrogen-bond donors (Lipinski definition) is 2. The molecule has 0 fully saturated rings. The summed E-state index contributed by atoms with van der Waals surface area (Å²) < 4.78 is 3.69. The maximum Gasteiger partial charge on any atom is 0.261 e. The van der Waals surface area contributed by atoms with Gasteiger partial charge in [0.1, 0.15) is 10.8 Å². The van der Waals surface area contributed by atoms with Crippen molar-refractivity contribution < 1.29 is 4.79 Å². The molecule has 0 unspecified atom stereocenters. The molecule has 0 radical (unpaired) electrons. The van der Waals surface area contributed by atoms with E-state index in [0.717, 1.165) is 32.5 Å². The Hall–Kier alpha value is -2.36. The highest BCUT2D eigenvalue weighted by molar-refractivity contribution is 7.71. The highest BCUT2D eigenvalue weighted by Gasteiger charge is 2.13. The maximum atomic E-state index is 12.4. The van der Waals surface area contributed by atoms with Crippen molar-refractivity contribution in [1.82, 2.24) is 25.1 Å². The van der Waals surface area contributed by atoms with Crippen LogP contribution in [0.25, 0.3) is 20.1 Å². The zero-order valence-electron chi connectivity index (χ0n) is 14.6. The summed E-state index contributed by atoms with van der Waals surface area (Å²) in [7, 11) is 0. The van der Waals surface area contributed by atoms with Crippen LogP contribution >= 0.6 is 34.9 Å². The number of aromatic amines is 1. The molecular weight excluding hydrogens is 398 g/mol. The van der Waals surface area contributed by atoms with Crippen molar-refractivity contribution in [3.05, 3.63) is 51.9 Å². The lowest BCUT2D eigenvalue weighted by Crippen LogP contribution is -2.25. The van der Waals surface area contributed by atoms with Crippen molar-refractivity contribution in [2.24, 2.45) is 0 Å². The standard InChI is InChI=1S/C18H17N5OS3/c1-2-23-15(21-22-18(23)25)9-10-19-16(24)13-7-8-14(26-13)17-20-11-5-3-4-6-12(11)27-17/h3-8H,2,9-10H2,1H3,(H,19,24)(H,22,25). The monoisotopic (exact) mass is 415 g/mol. The van der Waals surface area contributed by atoms with Crippen molar-refractivity contribution in [2.75, 3.05) is 6.54 Å². The number of fused-ring (bicyclic) bond motifs is 1. The number of nitrogens with zero attached hydrogens (tertiary/aromatic N) is 3. The first-order valence-electron chi connectivity index (χ1n) is 8.53. The molecule has 0 aliphatic rings. The summed E-state index contributed by atoms with van der Waals surface area (Å²) in [4.78, 5) is 18.8. The first-order chi connectivity index (χ1) is 13.2. The van der Waals surface area contributed by atoms with Crippen LogP contribution in [0.3, 0.4) is 0 Å². The summed E-state index contributed by atoms with van der Waals surface area (Å²) in [5.74, 6) is 0.772. The topological polar surface area (TPSA) is 75.6 Å². The summed E-state index contributed by atoms with van der Waals surface area (Å²) >= 11 is 8.28. The lowest BCUT2D eigenvalue weighted by atomic mass is 10.3. The molecule has 0 aliphatic carbocycles. The Bertz CT molecular complexity index is 1120. The van der Waals surface area contributed by atoms with E-state index in [-0.39, 0.29) is 5.91 Å². The number of thiazole rings is 1. The maximum absolute atomic E-state index is 12.4. The predicted octanol–water partition coefficient (Wildman–Crippen LogP) is 4.27. The van der Waals surface area contributed by atoms with Gasteiger partial charge < -0.3 is 9.88 Å². The lowest BCUT2D eigenvalue weighted by Gasteiger charge is -2.04. The van der Waals surface area contributed by atoms with Gasteiger partial charge in [0.15, 0.2) is 4.77 Å². The number of aromatic nitrogens is 4. The highest BCUT2D eigenvalue weighted by Crippen LogP contribution is 2.34. The zero-order valence-corrected chi connectivity index (χ0v) is 17.0. The van der Waals surface area contributed by atoms with E-state index in [2.05, 4.69) is 26.6 Å². The number of hydrogen-bond acceptors (Lipinski definition) is 6. The van der Waals surface area contributed by atoms with E-state index in [9.17, 15) is 4.79 Å². The predicted molar refractivity (Wildman–Crippen MR) is 112 cm³/mol. The average Bonchev–Trinajstić information content (AvgIpc) is 3.39. The minimum absolute atomic E-state index is 0.0791. The molecule has 0 spiro atoms. The van der Waals surface area contributed by atoms with Gasteiger partial charge in [-0.15, -0.1) is 22.7 Å². The first-order valence-corrected chi connectivity index (χ1v) is 10.6. The van der Waals surface area contributed by atoms with Gasteiger partial charge in [0.2, 0.25) is 0 Å². The van der Waals surface area contributed by atoms with Gasteiger partial charge in [-0.05, 0) is 43.4 Å². The van der Waals surface area contributed by atoms with E-state index in [4.69, 9.17) is 12.2 Å². The Kier molecular flexibility index (Phi) is 5.15. The summed E-state index contributed by atoms with van der Waals surface area (Å²) in [5, 5.41) is 10.9. The van der Waals surface area contributed by atoms with Crippen LogP contribution in [0.15, 0.2) is 36.4 Å². The van der Waals surface area contributed by atoms with Gasteiger partial charge in [-0.3, -0.25) is 9.89 Å². The number of carbonyl (C=O) groups excluding carboxylic acids is 1. The molecule has 0 saturated carbocycles. The largest absolute Gasteiger partial charge is 0.351 e. The SMILES string of the molecule is CCn1c(CCNC(=O)c2ccc(-c3nc4ccccc4s3)s2)n[nH]c1=S. The molecule has 0 aliphatic heterocycles. The van der Waals surface area contributed by atoms with E-state index in [1.807, 2.05) is 41.8 Å². The van der Waals surface area contributed by atoms with E-state index in [0.29, 0.717) is 22.6 Å². The fourth-order valence-corrected chi connectivity index (χ4v) is 5.02. The fraction of sp³-hybridized carbons (Fsp3) is 0.222. The van der Waals surface area contributed by atoms with Crippen LogP contribution in [0.5, 0.6) is 0 Å². The van der Waals surface area contributed by atoms with E-state index in [1.54, 1.807) is 11.3 Å². The minimum atomic E-state index is -0.0791. The molecule has 2 N–H and O–H groups in total. The molecule has 138 valence electrons. The molecule has 1 amide bonds. The van der Waals surface area contributed by atoms with Crippen molar-refractivity contribution in [2.45, 2.75) is 19.9 Å². The molecular formula is C18H17N5OS3. The van der Waals surface area contributed by atoms with Gasteiger partial charge in [-0.25, -0.2) is 4.98 Å². The van der Waals surface area contributed by atoms with Crippen LogP contribution in [0, 0.1) is 4.77 Å². The van der Waals surface area contributed by atoms with E-state index < -0.39 is 0 Å². The second kappa shape index (κ2) is 7.71. The Balaban J connectivity index is 1.42. The molecule has 0 bridgehead atoms. The average molecular weight is 416 g/mol. The van der Waals surface area contributed by atoms with Crippen molar-refractivity contribution in [1.29, 1.82) is 0 Å². The van der Waals surface area contributed by atoms with Gasteiger partial charge in [0.05, 0.1) is 20.0 Å². The second-order valence-electron chi connectivity index (χ2n) is 5.85. The lowest BCUT2D eigenvalue weighted by molar-refractivity contribution is 0.0958. The van der Waals surface area contributed by atoms with Crippen molar-refractivity contribution in [3.8, 4) is 9.88 Å². The quantitative estimate of drug-likeness (QED) is 0.461. The third kappa shape index (κ3) is 3.71. The van der Waals surface area contributed by atoms with Crippen LogP contribution in [0.2, 0.25) is 0 Å². The van der Waals surface area contributed by atoms with Gasteiger partial charge in [-0.2, -0.15) is 5.10 Å². The molecule has 0 saturated heterocycles. The molecule has 3 heterocycles. The van der Waals surface area contributed by atoms with Crippen LogP contribution in [-0.4, -0.2) is 32.2 Å². The number of nitrogens with one attached hydrogen (secondary N) is 2. The summed E-state index contributed by atoms with van der Waals surface area (Å²) in [6.07, 6.45) is 0.628. The summed E-state index contributed by atoms with van der Waals surface area (Å²) in [5.41, 5.74) is 0.987. The van der Waals surface area contributed by atoms with Crippen molar-refractivity contribution in [3.63, 3.8) is 0 Å². The Morgan fingerprint density at radius 1 is 1.26 bits per heavy atom. The van der Waals surface area contributed by atoms with E-state index >= 15 is 0 Å². The molecule has 4 aromatic rings. The minimum Gasteiger partial charge on any atom is -0.351 e. The molecule has 9 heteroatoms. The number of H-pyrrole nitrogens is 1. The number of carbonyl (C=O) groups is 1. The summed E-state index contributed by atoms with van der Waals surface area (Å²) in [6, 6.07) is 11.9. The Labute approximate surface area is 168 Å². The van der Waals surface area contributed by atoms with E-state index in [1.165, 1.54) is 11.3 Å².